The summed E-state index contributed by atoms with van der Waals surface area (Å²) in [6.07, 6.45) is 2.59. The largest absolute Gasteiger partial charge is 0.421 e. The van der Waals surface area contributed by atoms with Crippen LogP contribution in [-0.4, -0.2) is 47.4 Å². The first-order valence-corrected chi connectivity index (χ1v) is 10.2. The van der Waals surface area contributed by atoms with Crippen LogP contribution in [0.2, 0.25) is 0 Å². The number of hydrogen-bond acceptors (Lipinski definition) is 6. The van der Waals surface area contributed by atoms with E-state index >= 15 is 0 Å². The molecule has 0 bridgehead atoms. The molecule has 0 N–H and O–H groups in total. The fourth-order valence-electron chi connectivity index (χ4n) is 3.53. The first-order valence-electron chi connectivity index (χ1n) is 10.2. The maximum Gasteiger partial charge on any atom is 0.261 e. The number of anilines is 1. The summed E-state index contributed by atoms with van der Waals surface area (Å²) in [5.74, 6) is 1.10. The molecule has 7 nitrogen and oxygen atoms in total. The zero-order valence-corrected chi connectivity index (χ0v) is 18.3. The summed E-state index contributed by atoms with van der Waals surface area (Å²) in [6.45, 7) is 13.0. The normalized spacial score (nSPS) is 16.4. The first kappa shape index (κ1) is 21.5. The fourth-order valence-corrected chi connectivity index (χ4v) is 3.53. The maximum atomic E-state index is 13.7. The highest BCUT2D eigenvalue weighted by molar-refractivity contribution is 6.19. The molecule has 1 amide bonds. The van der Waals surface area contributed by atoms with Crippen LogP contribution in [0.1, 0.15) is 33.1 Å². The second kappa shape index (κ2) is 9.07. The van der Waals surface area contributed by atoms with Crippen molar-refractivity contribution < 1.29 is 9.21 Å². The van der Waals surface area contributed by atoms with Crippen molar-refractivity contribution in [2.24, 2.45) is 10.9 Å². The molecule has 0 aliphatic carbocycles. The number of aryl methyl sites for hydroxylation is 1. The molecule has 2 aromatic rings. The third-order valence-electron chi connectivity index (χ3n) is 5.25. The van der Waals surface area contributed by atoms with E-state index in [0.717, 1.165) is 29.9 Å². The molecular formula is C23H29N5O2. The van der Waals surface area contributed by atoms with E-state index in [-0.39, 0.29) is 11.8 Å². The van der Waals surface area contributed by atoms with Crippen molar-refractivity contribution >= 4 is 17.8 Å². The van der Waals surface area contributed by atoms with Gasteiger partial charge in [-0.1, -0.05) is 26.5 Å². The number of benzene rings is 1. The van der Waals surface area contributed by atoms with E-state index in [2.05, 4.69) is 40.5 Å². The molecule has 1 aliphatic heterocycles. The topological polar surface area (TPSA) is 74.8 Å². The molecule has 1 aliphatic rings. The molecule has 0 fully saturated rings. The number of aliphatic imine (C=N–C) groups is 1. The smallest absolute Gasteiger partial charge is 0.261 e. The van der Waals surface area contributed by atoms with Gasteiger partial charge in [0.2, 0.25) is 11.8 Å². The minimum absolute atomic E-state index is 0.0708. The zero-order chi connectivity index (χ0) is 21.8. The van der Waals surface area contributed by atoms with Crippen molar-refractivity contribution in [3.63, 3.8) is 0 Å². The molecule has 30 heavy (non-hydrogen) atoms. The van der Waals surface area contributed by atoms with E-state index in [9.17, 15) is 4.79 Å². The van der Waals surface area contributed by atoms with Crippen LogP contribution in [0.5, 0.6) is 0 Å². The SMILES string of the molecule is C=C(C)/N=C\C1=C(C(C)CC)N(C)CCN(c2cccc(-c3nnc(C)o3)c2)C1=O. The number of amides is 1. The third-order valence-corrected chi connectivity index (χ3v) is 5.25. The van der Waals surface area contributed by atoms with Crippen molar-refractivity contribution in [3.05, 3.63) is 53.7 Å². The Bertz CT molecular complexity index is 1000. The van der Waals surface area contributed by atoms with Crippen LogP contribution in [0.25, 0.3) is 11.5 Å². The second-order valence-corrected chi connectivity index (χ2v) is 7.66. The third kappa shape index (κ3) is 4.50. The van der Waals surface area contributed by atoms with Gasteiger partial charge in [0.05, 0.1) is 5.57 Å². The summed E-state index contributed by atoms with van der Waals surface area (Å²) < 4.78 is 5.56. The van der Waals surface area contributed by atoms with Gasteiger partial charge in [-0.3, -0.25) is 9.79 Å². The standard InChI is InChI=1S/C23H29N5O2/c1-7-16(4)21-20(14-24-15(2)3)23(29)28(12-11-27(21)6)19-10-8-9-18(13-19)22-26-25-17(5)30-22/h8-10,13-14,16H,2,7,11-12H2,1,3-6H3/b24-14-. The Morgan fingerprint density at radius 1 is 1.37 bits per heavy atom. The van der Waals surface area contributed by atoms with Gasteiger partial charge in [-0.15, -0.1) is 10.2 Å². The molecule has 158 valence electrons. The summed E-state index contributed by atoms with van der Waals surface area (Å²) in [6, 6.07) is 7.63. The molecule has 0 saturated heterocycles. The predicted octanol–water partition coefficient (Wildman–Crippen LogP) is 4.23. The maximum absolute atomic E-state index is 13.7. The number of likely N-dealkylation sites (N-methyl/N-ethyl adjacent to an activating group) is 1. The van der Waals surface area contributed by atoms with E-state index < -0.39 is 0 Å². The molecular weight excluding hydrogens is 378 g/mol. The minimum Gasteiger partial charge on any atom is -0.421 e. The highest BCUT2D eigenvalue weighted by Gasteiger charge is 2.30. The Morgan fingerprint density at radius 3 is 2.77 bits per heavy atom. The number of carbonyl (C=O) groups is 1. The van der Waals surface area contributed by atoms with Gasteiger partial charge in [-0.25, -0.2) is 0 Å². The number of hydrogen-bond donors (Lipinski definition) is 0. The van der Waals surface area contributed by atoms with Gasteiger partial charge < -0.3 is 14.2 Å². The second-order valence-electron chi connectivity index (χ2n) is 7.66. The van der Waals surface area contributed by atoms with E-state index in [4.69, 9.17) is 4.42 Å². The van der Waals surface area contributed by atoms with Gasteiger partial charge in [-0.2, -0.15) is 0 Å². The van der Waals surface area contributed by atoms with Crippen LogP contribution in [0, 0.1) is 12.8 Å². The molecule has 0 radical (unpaired) electrons. The fraction of sp³-hybridized carbons (Fsp3) is 0.391. The average molecular weight is 408 g/mol. The number of carbonyl (C=O) groups excluding carboxylic acids is 1. The highest BCUT2D eigenvalue weighted by Crippen LogP contribution is 2.29. The number of allylic oxidation sites excluding steroid dienone is 2. The number of aromatic nitrogens is 2. The van der Waals surface area contributed by atoms with Crippen molar-refractivity contribution in [3.8, 4) is 11.5 Å². The van der Waals surface area contributed by atoms with Crippen LogP contribution >= 0.6 is 0 Å². The van der Waals surface area contributed by atoms with Gasteiger partial charge in [0.15, 0.2) is 0 Å². The monoisotopic (exact) mass is 407 g/mol. The predicted molar refractivity (Wildman–Crippen MR) is 119 cm³/mol. The summed E-state index contributed by atoms with van der Waals surface area (Å²) in [7, 11) is 2.03. The molecule has 0 saturated carbocycles. The van der Waals surface area contributed by atoms with Crippen molar-refractivity contribution in [1.82, 2.24) is 15.1 Å². The molecule has 1 unspecified atom stereocenters. The molecule has 0 spiro atoms. The quantitative estimate of drug-likeness (QED) is 0.670. The van der Waals surface area contributed by atoms with Crippen molar-refractivity contribution in [2.45, 2.75) is 34.1 Å². The number of nitrogens with zero attached hydrogens (tertiary/aromatic N) is 5. The Kier molecular flexibility index (Phi) is 6.50. The van der Waals surface area contributed by atoms with E-state index in [1.54, 1.807) is 18.0 Å². The van der Waals surface area contributed by atoms with Crippen LogP contribution in [0.15, 0.2) is 57.2 Å². The van der Waals surface area contributed by atoms with Crippen molar-refractivity contribution in [1.29, 1.82) is 0 Å². The number of rotatable bonds is 6. The summed E-state index contributed by atoms with van der Waals surface area (Å²) in [5, 5.41) is 7.99. The molecule has 3 rings (SSSR count). The van der Waals surface area contributed by atoms with Gasteiger partial charge in [-0.05, 0) is 37.5 Å². The summed E-state index contributed by atoms with van der Waals surface area (Å²) >= 11 is 0. The summed E-state index contributed by atoms with van der Waals surface area (Å²) in [4.78, 5) is 22.0. The van der Waals surface area contributed by atoms with Crippen LogP contribution in [0.3, 0.4) is 0 Å². The van der Waals surface area contributed by atoms with Crippen LogP contribution in [-0.2, 0) is 4.79 Å². The Hall–Kier alpha value is -3.22. The molecule has 2 heterocycles. The zero-order valence-electron chi connectivity index (χ0n) is 18.3. The van der Waals surface area contributed by atoms with Gasteiger partial charge >= 0.3 is 0 Å². The lowest BCUT2D eigenvalue weighted by Gasteiger charge is -2.26. The highest BCUT2D eigenvalue weighted by atomic mass is 16.4. The van der Waals surface area contributed by atoms with E-state index in [0.29, 0.717) is 29.6 Å². The van der Waals surface area contributed by atoms with E-state index in [1.807, 2.05) is 38.2 Å². The molecule has 1 aromatic heterocycles. The Morgan fingerprint density at radius 2 is 2.13 bits per heavy atom. The summed E-state index contributed by atoms with van der Waals surface area (Å²) in [5.41, 5.74) is 3.84. The van der Waals surface area contributed by atoms with Gasteiger partial charge in [0.25, 0.3) is 5.91 Å². The molecule has 7 heteroatoms. The minimum atomic E-state index is -0.0708. The molecule has 1 atom stereocenters. The lowest BCUT2D eigenvalue weighted by Crippen LogP contribution is -2.34. The van der Waals surface area contributed by atoms with Gasteiger partial charge in [0.1, 0.15) is 0 Å². The lowest BCUT2D eigenvalue weighted by molar-refractivity contribution is -0.114. The van der Waals surface area contributed by atoms with Gasteiger partial charge in [0, 0.05) is 55.9 Å². The average Bonchev–Trinajstić information content (AvgIpc) is 3.11. The Labute approximate surface area is 177 Å². The first-order chi connectivity index (χ1) is 14.3. The van der Waals surface area contributed by atoms with Crippen molar-refractivity contribution in [2.75, 3.05) is 25.0 Å². The lowest BCUT2D eigenvalue weighted by atomic mass is 9.98. The Balaban J connectivity index is 2.06. The van der Waals surface area contributed by atoms with Crippen LogP contribution < -0.4 is 4.90 Å². The molecule has 1 aromatic carbocycles. The van der Waals surface area contributed by atoms with E-state index in [1.165, 1.54) is 0 Å². The van der Waals surface area contributed by atoms with Crippen LogP contribution in [0.4, 0.5) is 5.69 Å².